The highest BCUT2D eigenvalue weighted by atomic mass is 19.1. The molecule has 4 aliphatic rings. The molecule has 4 heterocycles. The van der Waals surface area contributed by atoms with E-state index in [0.717, 1.165) is 12.8 Å². The quantitative estimate of drug-likeness (QED) is 0.694. The van der Waals surface area contributed by atoms with Crippen molar-refractivity contribution in [2.24, 2.45) is 11.8 Å². The molecule has 0 radical (unpaired) electrons. The van der Waals surface area contributed by atoms with E-state index in [2.05, 4.69) is 10.3 Å². The fraction of sp³-hybridized carbons (Fsp3) is 0.545. The van der Waals surface area contributed by atoms with E-state index < -0.39 is 5.60 Å². The zero-order chi connectivity index (χ0) is 20.9. The molecule has 1 saturated carbocycles. The molecule has 160 valence electrons. The molecule has 1 aromatic heterocycles. The summed E-state index contributed by atoms with van der Waals surface area (Å²) in [6.07, 6.45) is 2.41. The van der Waals surface area contributed by atoms with Crippen LogP contribution in [0.25, 0.3) is 10.9 Å². The van der Waals surface area contributed by atoms with Crippen molar-refractivity contribution in [1.29, 1.82) is 0 Å². The minimum Gasteiger partial charge on any atom is -0.387 e. The van der Waals surface area contributed by atoms with E-state index in [1.165, 1.54) is 12.1 Å². The number of amides is 2. The molecule has 2 aromatic rings. The Labute approximate surface area is 173 Å². The molecule has 7 nitrogen and oxygen atoms in total. The summed E-state index contributed by atoms with van der Waals surface area (Å²) in [5.41, 5.74) is 0.0579. The number of benzene rings is 1. The van der Waals surface area contributed by atoms with Crippen LogP contribution in [0.5, 0.6) is 0 Å². The fourth-order valence-corrected chi connectivity index (χ4v) is 5.22. The second kappa shape index (κ2) is 7.35. The van der Waals surface area contributed by atoms with Gasteiger partial charge in [0.2, 0.25) is 5.91 Å². The zero-order valence-corrected chi connectivity index (χ0v) is 16.7. The number of aromatic nitrogens is 1. The van der Waals surface area contributed by atoms with E-state index in [1.807, 2.05) is 4.90 Å². The first-order valence-electron chi connectivity index (χ1n) is 10.6. The van der Waals surface area contributed by atoms with Gasteiger partial charge in [0.1, 0.15) is 11.5 Å². The molecular formula is C22H26FN3O4. The Bertz CT molecular complexity index is 984. The van der Waals surface area contributed by atoms with Gasteiger partial charge in [-0.2, -0.15) is 0 Å². The predicted octanol–water partition coefficient (Wildman–Crippen LogP) is 1.82. The highest BCUT2D eigenvalue weighted by Gasteiger charge is 2.54. The molecule has 1 unspecified atom stereocenters. The largest absolute Gasteiger partial charge is 0.387 e. The van der Waals surface area contributed by atoms with Gasteiger partial charge >= 0.3 is 0 Å². The van der Waals surface area contributed by atoms with Crippen molar-refractivity contribution >= 4 is 22.7 Å². The summed E-state index contributed by atoms with van der Waals surface area (Å²) in [5.74, 6) is 0.0189. The molecule has 1 aromatic carbocycles. The van der Waals surface area contributed by atoms with Gasteiger partial charge in [-0.15, -0.1) is 0 Å². The Kier molecular flexibility index (Phi) is 4.78. The number of hydrogen-bond donors (Lipinski definition) is 3. The van der Waals surface area contributed by atoms with Crippen molar-refractivity contribution in [2.45, 2.75) is 37.3 Å². The second-order valence-electron chi connectivity index (χ2n) is 8.95. The summed E-state index contributed by atoms with van der Waals surface area (Å²) in [7, 11) is 0. The average Bonchev–Trinajstić information content (AvgIpc) is 3.41. The van der Waals surface area contributed by atoms with Crippen molar-refractivity contribution in [3.05, 3.63) is 35.8 Å². The van der Waals surface area contributed by atoms with Crippen molar-refractivity contribution in [2.75, 3.05) is 26.3 Å². The molecule has 2 bridgehead atoms. The van der Waals surface area contributed by atoms with Crippen LogP contribution < -0.4 is 5.32 Å². The molecule has 4 fully saturated rings. The van der Waals surface area contributed by atoms with Gasteiger partial charge in [0.05, 0.1) is 18.6 Å². The average molecular weight is 415 g/mol. The summed E-state index contributed by atoms with van der Waals surface area (Å²) >= 11 is 0. The van der Waals surface area contributed by atoms with Crippen molar-refractivity contribution in [1.82, 2.24) is 15.2 Å². The monoisotopic (exact) mass is 415 g/mol. The number of aliphatic hydroxyl groups is 1. The molecule has 1 aliphatic carbocycles. The number of ether oxygens (including phenoxy) is 1. The first-order valence-corrected chi connectivity index (χ1v) is 10.6. The first-order chi connectivity index (χ1) is 14.4. The Morgan fingerprint density at radius 1 is 1.37 bits per heavy atom. The Morgan fingerprint density at radius 2 is 2.23 bits per heavy atom. The molecule has 3 N–H and O–H groups in total. The van der Waals surface area contributed by atoms with Crippen molar-refractivity contribution < 1.29 is 23.8 Å². The van der Waals surface area contributed by atoms with Crippen LogP contribution >= 0.6 is 0 Å². The van der Waals surface area contributed by atoms with Gasteiger partial charge in [-0.3, -0.25) is 9.59 Å². The lowest BCUT2D eigenvalue weighted by Crippen LogP contribution is -2.49. The number of carbonyl (C=O) groups excluding carboxylic acids is 2. The number of rotatable bonds is 5. The van der Waals surface area contributed by atoms with Gasteiger partial charge in [-0.25, -0.2) is 4.39 Å². The number of nitrogens with zero attached hydrogens (tertiary/aromatic N) is 1. The molecule has 30 heavy (non-hydrogen) atoms. The van der Waals surface area contributed by atoms with E-state index in [1.54, 1.807) is 12.1 Å². The van der Waals surface area contributed by atoms with Crippen LogP contribution in [0.1, 0.15) is 36.2 Å². The minimum absolute atomic E-state index is 0.0260. The Balaban J connectivity index is 1.17. The molecule has 3 aliphatic heterocycles. The molecule has 2 amide bonds. The lowest BCUT2D eigenvalue weighted by atomic mass is 9.73. The summed E-state index contributed by atoms with van der Waals surface area (Å²) in [6.45, 7) is 2.04. The SMILES string of the molecule is O=C(NC[C@@H]1[C@H]2C[C@@H]1N(C(=O)CC1(O)CCCOC1)C2)c1cc2cc(F)ccc2[nH]1. The number of hydrogen-bond acceptors (Lipinski definition) is 4. The smallest absolute Gasteiger partial charge is 0.267 e. The maximum Gasteiger partial charge on any atom is 0.267 e. The predicted molar refractivity (Wildman–Crippen MR) is 107 cm³/mol. The Hall–Kier alpha value is -2.45. The van der Waals surface area contributed by atoms with Crippen LogP contribution in [0.4, 0.5) is 4.39 Å². The molecule has 6 rings (SSSR count). The number of halogens is 1. The fourth-order valence-electron chi connectivity index (χ4n) is 5.22. The van der Waals surface area contributed by atoms with Gasteiger partial charge in [0.25, 0.3) is 5.91 Å². The molecule has 4 atom stereocenters. The van der Waals surface area contributed by atoms with Gasteiger partial charge in [0.15, 0.2) is 0 Å². The van der Waals surface area contributed by atoms with Crippen molar-refractivity contribution in [3.8, 4) is 0 Å². The van der Waals surface area contributed by atoms with Crippen LogP contribution in [-0.2, 0) is 9.53 Å². The van der Waals surface area contributed by atoms with Gasteiger partial charge in [0, 0.05) is 42.6 Å². The second-order valence-corrected chi connectivity index (χ2v) is 8.95. The van der Waals surface area contributed by atoms with E-state index >= 15 is 0 Å². The maximum absolute atomic E-state index is 13.4. The third kappa shape index (κ3) is 3.48. The minimum atomic E-state index is -1.05. The first kappa shape index (κ1) is 19.5. The highest BCUT2D eigenvalue weighted by Crippen LogP contribution is 2.46. The number of carbonyl (C=O) groups is 2. The van der Waals surface area contributed by atoms with Crippen LogP contribution in [0.2, 0.25) is 0 Å². The van der Waals surface area contributed by atoms with E-state index in [-0.39, 0.29) is 42.6 Å². The highest BCUT2D eigenvalue weighted by molar-refractivity contribution is 5.98. The third-order valence-corrected chi connectivity index (χ3v) is 6.90. The van der Waals surface area contributed by atoms with Crippen LogP contribution in [0.3, 0.4) is 0 Å². The summed E-state index contributed by atoms with van der Waals surface area (Å²) in [6, 6.07) is 6.12. The third-order valence-electron chi connectivity index (χ3n) is 6.90. The molecule has 0 spiro atoms. The Morgan fingerprint density at radius 3 is 3.03 bits per heavy atom. The van der Waals surface area contributed by atoms with Gasteiger partial charge in [-0.05, 0) is 49.4 Å². The number of fused-ring (bicyclic) bond motifs is 2. The van der Waals surface area contributed by atoms with Crippen LogP contribution in [0.15, 0.2) is 24.3 Å². The number of nitrogens with one attached hydrogen (secondary N) is 2. The molecular weight excluding hydrogens is 389 g/mol. The summed E-state index contributed by atoms with van der Waals surface area (Å²) < 4.78 is 18.7. The lowest BCUT2D eigenvalue weighted by molar-refractivity contribution is -0.144. The van der Waals surface area contributed by atoms with Gasteiger partial charge in [-0.1, -0.05) is 0 Å². The summed E-state index contributed by atoms with van der Waals surface area (Å²) in [4.78, 5) is 30.2. The number of aromatic amines is 1. The van der Waals surface area contributed by atoms with Gasteiger partial charge < -0.3 is 25.0 Å². The van der Waals surface area contributed by atoms with Crippen molar-refractivity contribution in [3.63, 3.8) is 0 Å². The molecule has 8 heteroatoms. The summed E-state index contributed by atoms with van der Waals surface area (Å²) in [5, 5.41) is 14.2. The standard InChI is InChI=1S/C22H26FN3O4/c23-15-2-3-17-13(6-15)7-18(25-17)21(28)24-10-16-14-8-19(16)26(11-14)20(27)9-22(29)4-1-5-30-12-22/h2-3,6-7,14,16,19,25,29H,1,4-5,8-12H2,(H,24,28)/t14-,16+,19-,22?/m0/s1. The lowest BCUT2D eigenvalue weighted by Gasteiger charge is -2.38. The normalized spacial score (nSPS) is 30.3. The van der Waals surface area contributed by atoms with Crippen LogP contribution in [0, 0.1) is 17.7 Å². The number of H-pyrrole nitrogens is 1. The maximum atomic E-state index is 13.4. The van der Waals surface area contributed by atoms with Crippen LogP contribution in [-0.4, -0.2) is 64.8 Å². The zero-order valence-electron chi connectivity index (χ0n) is 16.7. The topological polar surface area (TPSA) is 94.7 Å². The molecule has 3 saturated heterocycles. The van der Waals surface area contributed by atoms with E-state index in [4.69, 9.17) is 4.74 Å². The van der Waals surface area contributed by atoms with E-state index in [0.29, 0.717) is 48.6 Å². The van der Waals surface area contributed by atoms with E-state index in [9.17, 15) is 19.1 Å².